The SMILES string of the molecule is CN=C(NCC(=O)Nc1ccc(F)cc1)N1CCN(c2ccccn2)CC1. The summed E-state index contributed by atoms with van der Waals surface area (Å²) in [7, 11) is 1.70. The molecule has 1 amide bonds. The second-order valence-corrected chi connectivity index (χ2v) is 6.12. The Hall–Kier alpha value is -3.16. The van der Waals surface area contributed by atoms with Crippen LogP contribution in [0, 0.1) is 5.82 Å². The maximum absolute atomic E-state index is 12.9. The molecule has 1 fully saturated rings. The monoisotopic (exact) mass is 370 g/mol. The molecule has 2 N–H and O–H groups in total. The summed E-state index contributed by atoms with van der Waals surface area (Å²) in [5, 5.41) is 5.80. The van der Waals surface area contributed by atoms with Crippen LogP contribution in [-0.4, -0.2) is 61.5 Å². The number of hydrogen-bond donors (Lipinski definition) is 2. The summed E-state index contributed by atoms with van der Waals surface area (Å²) in [5.74, 6) is 1.11. The van der Waals surface area contributed by atoms with Crippen LogP contribution in [0.4, 0.5) is 15.9 Å². The molecular weight excluding hydrogens is 347 g/mol. The summed E-state index contributed by atoms with van der Waals surface area (Å²) < 4.78 is 12.9. The van der Waals surface area contributed by atoms with Crippen molar-refractivity contribution in [2.45, 2.75) is 0 Å². The molecule has 0 unspecified atom stereocenters. The predicted molar refractivity (Wildman–Crippen MR) is 104 cm³/mol. The first-order chi connectivity index (χ1) is 13.2. The van der Waals surface area contributed by atoms with Gasteiger partial charge in [-0.25, -0.2) is 9.37 Å². The third kappa shape index (κ3) is 5.16. The van der Waals surface area contributed by atoms with Crippen molar-refractivity contribution in [3.8, 4) is 0 Å². The molecule has 3 rings (SSSR count). The van der Waals surface area contributed by atoms with Crippen LogP contribution in [-0.2, 0) is 4.79 Å². The zero-order valence-electron chi connectivity index (χ0n) is 15.2. The molecule has 0 aliphatic carbocycles. The van der Waals surface area contributed by atoms with Crippen LogP contribution in [0.25, 0.3) is 0 Å². The number of guanidine groups is 1. The predicted octanol–water partition coefficient (Wildman–Crippen LogP) is 1.56. The summed E-state index contributed by atoms with van der Waals surface area (Å²) >= 11 is 0. The van der Waals surface area contributed by atoms with Gasteiger partial charge in [-0.3, -0.25) is 9.79 Å². The van der Waals surface area contributed by atoms with Gasteiger partial charge in [0.15, 0.2) is 5.96 Å². The molecule has 0 spiro atoms. The topological polar surface area (TPSA) is 72.9 Å². The number of aliphatic imine (C=N–C) groups is 1. The fourth-order valence-corrected chi connectivity index (χ4v) is 2.92. The fourth-order valence-electron chi connectivity index (χ4n) is 2.92. The van der Waals surface area contributed by atoms with Crippen molar-refractivity contribution < 1.29 is 9.18 Å². The van der Waals surface area contributed by atoms with E-state index < -0.39 is 0 Å². The van der Waals surface area contributed by atoms with Gasteiger partial charge in [0.1, 0.15) is 11.6 Å². The molecular formula is C19H23FN6O. The van der Waals surface area contributed by atoms with Crippen molar-refractivity contribution in [2.24, 2.45) is 4.99 Å². The average molecular weight is 370 g/mol. The Morgan fingerprint density at radius 3 is 2.52 bits per heavy atom. The number of carbonyl (C=O) groups is 1. The van der Waals surface area contributed by atoms with Crippen LogP contribution < -0.4 is 15.5 Å². The van der Waals surface area contributed by atoms with Crippen LogP contribution in [0.2, 0.25) is 0 Å². The van der Waals surface area contributed by atoms with Gasteiger partial charge in [0.2, 0.25) is 5.91 Å². The lowest BCUT2D eigenvalue weighted by molar-refractivity contribution is -0.115. The Morgan fingerprint density at radius 2 is 1.89 bits per heavy atom. The van der Waals surface area contributed by atoms with E-state index in [1.54, 1.807) is 13.2 Å². The van der Waals surface area contributed by atoms with Crippen molar-refractivity contribution in [2.75, 3.05) is 50.0 Å². The Morgan fingerprint density at radius 1 is 1.15 bits per heavy atom. The van der Waals surface area contributed by atoms with E-state index in [0.29, 0.717) is 11.6 Å². The molecule has 0 atom stereocenters. The molecule has 7 nitrogen and oxygen atoms in total. The Labute approximate surface area is 157 Å². The summed E-state index contributed by atoms with van der Waals surface area (Å²) in [6.07, 6.45) is 1.79. The molecule has 2 heterocycles. The highest BCUT2D eigenvalue weighted by atomic mass is 19.1. The number of pyridine rings is 1. The number of benzene rings is 1. The van der Waals surface area contributed by atoms with Crippen LogP contribution in [0.3, 0.4) is 0 Å². The molecule has 1 aromatic carbocycles. The number of piperazine rings is 1. The molecule has 27 heavy (non-hydrogen) atoms. The largest absolute Gasteiger partial charge is 0.353 e. The van der Waals surface area contributed by atoms with Crippen molar-refractivity contribution in [1.29, 1.82) is 0 Å². The number of aromatic nitrogens is 1. The standard InChI is InChI=1S/C19H23FN6O/c1-21-19(23-14-18(27)24-16-7-5-15(20)6-8-16)26-12-10-25(11-13-26)17-4-2-3-9-22-17/h2-9H,10-14H2,1H3,(H,21,23)(H,24,27). The second kappa shape index (κ2) is 8.98. The molecule has 8 heteroatoms. The van der Waals surface area contributed by atoms with Gasteiger partial charge < -0.3 is 20.4 Å². The third-order valence-corrected chi connectivity index (χ3v) is 4.30. The normalized spacial score (nSPS) is 14.8. The summed E-state index contributed by atoms with van der Waals surface area (Å²) in [6.45, 7) is 3.33. The maximum Gasteiger partial charge on any atom is 0.243 e. The molecule has 2 aromatic rings. The molecule has 142 valence electrons. The lowest BCUT2D eigenvalue weighted by Gasteiger charge is -2.37. The van der Waals surface area contributed by atoms with Crippen LogP contribution in [0.5, 0.6) is 0 Å². The van der Waals surface area contributed by atoms with Crippen LogP contribution >= 0.6 is 0 Å². The number of rotatable bonds is 4. The van der Waals surface area contributed by atoms with E-state index in [-0.39, 0.29) is 18.3 Å². The first-order valence-corrected chi connectivity index (χ1v) is 8.83. The lowest BCUT2D eigenvalue weighted by atomic mass is 10.3. The van der Waals surface area contributed by atoms with Crippen molar-refractivity contribution in [3.63, 3.8) is 0 Å². The highest BCUT2D eigenvalue weighted by molar-refractivity contribution is 5.95. The molecule has 1 aliphatic heterocycles. The minimum atomic E-state index is -0.337. The fraction of sp³-hybridized carbons (Fsp3) is 0.316. The van der Waals surface area contributed by atoms with Gasteiger partial charge in [-0.05, 0) is 36.4 Å². The van der Waals surface area contributed by atoms with Gasteiger partial charge in [-0.1, -0.05) is 6.07 Å². The van der Waals surface area contributed by atoms with E-state index in [2.05, 4.69) is 30.4 Å². The minimum absolute atomic E-state index is 0.0878. The molecule has 1 aromatic heterocycles. The van der Waals surface area contributed by atoms with Crippen molar-refractivity contribution in [3.05, 3.63) is 54.5 Å². The number of nitrogens with one attached hydrogen (secondary N) is 2. The van der Waals surface area contributed by atoms with E-state index >= 15 is 0 Å². The first kappa shape index (κ1) is 18.6. The Kier molecular flexibility index (Phi) is 6.19. The summed E-state index contributed by atoms with van der Waals surface area (Å²) in [5.41, 5.74) is 0.558. The molecule has 0 radical (unpaired) electrons. The van der Waals surface area contributed by atoms with Gasteiger partial charge >= 0.3 is 0 Å². The minimum Gasteiger partial charge on any atom is -0.353 e. The number of hydrogen-bond acceptors (Lipinski definition) is 4. The van der Waals surface area contributed by atoms with Crippen LogP contribution in [0.15, 0.2) is 53.7 Å². The Bertz CT molecular complexity index is 773. The second-order valence-electron chi connectivity index (χ2n) is 6.12. The third-order valence-electron chi connectivity index (χ3n) is 4.30. The number of carbonyl (C=O) groups excluding carboxylic acids is 1. The zero-order valence-corrected chi connectivity index (χ0v) is 15.2. The lowest BCUT2D eigenvalue weighted by Crippen LogP contribution is -2.53. The van der Waals surface area contributed by atoms with Gasteiger partial charge in [-0.15, -0.1) is 0 Å². The molecule has 0 saturated carbocycles. The van der Waals surface area contributed by atoms with E-state index in [1.165, 1.54) is 24.3 Å². The highest BCUT2D eigenvalue weighted by Gasteiger charge is 2.20. The van der Waals surface area contributed by atoms with Gasteiger partial charge in [-0.2, -0.15) is 0 Å². The van der Waals surface area contributed by atoms with Crippen LogP contribution in [0.1, 0.15) is 0 Å². The van der Waals surface area contributed by atoms with E-state index in [9.17, 15) is 9.18 Å². The van der Waals surface area contributed by atoms with Crippen molar-refractivity contribution >= 4 is 23.4 Å². The van der Waals surface area contributed by atoms with Gasteiger partial charge in [0.05, 0.1) is 6.54 Å². The number of anilines is 2. The summed E-state index contributed by atoms with van der Waals surface area (Å²) in [6, 6.07) is 11.6. The molecule has 1 saturated heterocycles. The Balaban J connectivity index is 1.47. The first-order valence-electron chi connectivity index (χ1n) is 8.83. The molecule has 0 bridgehead atoms. The zero-order chi connectivity index (χ0) is 19.1. The van der Waals surface area contributed by atoms with E-state index in [0.717, 1.165) is 32.0 Å². The maximum atomic E-state index is 12.9. The highest BCUT2D eigenvalue weighted by Crippen LogP contribution is 2.12. The molecule has 1 aliphatic rings. The van der Waals surface area contributed by atoms with Gasteiger partial charge in [0, 0.05) is 45.1 Å². The average Bonchev–Trinajstić information content (AvgIpc) is 2.71. The smallest absolute Gasteiger partial charge is 0.243 e. The summed E-state index contributed by atoms with van der Waals surface area (Å²) in [4.78, 5) is 25.1. The van der Waals surface area contributed by atoms with Crippen molar-refractivity contribution in [1.82, 2.24) is 15.2 Å². The number of nitrogens with zero attached hydrogens (tertiary/aromatic N) is 4. The number of halogens is 1. The quantitative estimate of drug-likeness (QED) is 0.631. The van der Waals surface area contributed by atoms with Gasteiger partial charge in [0.25, 0.3) is 0 Å². The van der Waals surface area contributed by atoms with E-state index in [1.807, 2.05) is 18.2 Å². The van der Waals surface area contributed by atoms with E-state index in [4.69, 9.17) is 0 Å². The number of amides is 1.